The third-order valence-corrected chi connectivity index (χ3v) is 6.30. The Balaban J connectivity index is 1.66. The first kappa shape index (κ1) is 18.9. The Morgan fingerprint density at radius 3 is 2.63 bits per heavy atom. The predicted molar refractivity (Wildman–Crippen MR) is 114 cm³/mol. The van der Waals surface area contributed by atoms with Gasteiger partial charge >= 0.3 is 0 Å². The number of nitrogens with zero attached hydrogens (tertiary/aromatic N) is 2. The zero-order valence-electron chi connectivity index (χ0n) is 17.2. The zero-order valence-corrected chi connectivity index (χ0v) is 17.2. The first-order valence-corrected chi connectivity index (χ1v) is 10.3. The number of hydrogen-bond acceptors (Lipinski definition) is 3. The molecule has 0 aliphatic carbocycles. The third kappa shape index (κ3) is 2.91. The molecule has 2 aliphatic heterocycles. The molecular formula is C24H25N3O3. The Bertz CT molecular complexity index is 1120. The number of ether oxygens (including phenoxy) is 1. The number of carbonyl (C=O) groups excluding carboxylic acids is 2. The van der Waals surface area contributed by atoms with Crippen molar-refractivity contribution in [1.82, 2.24) is 14.8 Å². The average molecular weight is 403 g/mol. The molecule has 2 amide bonds. The van der Waals surface area contributed by atoms with Gasteiger partial charge in [0.25, 0.3) is 0 Å². The number of aryl methyl sites for hydroxylation is 1. The highest BCUT2D eigenvalue weighted by Crippen LogP contribution is 2.42. The SMILES string of the molecule is COCCN1CC(=O)N2C(Cc3c([nH]c4ccccc34)C2c2ccc(C)cc2)C1=O. The lowest BCUT2D eigenvalue weighted by molar-refractivity contribution is -0.159. The number of aromatic nitrogens is 1. The number of H-pyrrole nitrogens is 1. The molecule has 0 radical (unpaired) electrons. The normalized spacial score (nSPS) is 21.1. The van der Waals surface area contributed by atoms with Crippen molar-refractivity contribution in [1.29, 1.82) is 0 Å². The molecule has 0 saturated carbocycles. The van der Waals surface area contributed by atoms with Crippen LogP contribution < -0.4 is 0 Å². The van der Waals surface area contributed by atoms with Gasteiger partial charge in [0.1, 0.15) is 6.04 Å². The molecule has 30 heavy (non-hydrogen) atoms. The fraction of sp³-hybridized carbons (Fsp3) is 0.333. The summed E-state index contributed by atoms with van der Waals surface area (Å²) in [7, 11) is 1.61. The quantitative estimate of drug-likeness (QED) is 0.729. The van der Waals surface area contributed by atoms with E-state index in [4.69, 9.17) is 4.74 Å². The van der Waals surface area contributed by atoms with Gasteiger partial charge in [-0.1, -0.05) is 48.0 Å². The molecule has 6 heteroatoms. The van der Waals surface area contributed by atoms with Crippen LogP contribution in [0.2, 0.25) is 0 Å². The Hall–Kier alpha value is -3.12. The number of aromatic amines is 1. The highest BCUT2D eigenvalue weighted by Gasteiger charge is 2.48. The number of carbonyl (C=O) groups is 2. The summed E-state index contributed by atoms with van der Waals surface area (Å²) in [6.07, 6.45) is 0.524. The van der Waals surface area contributed by atoms with Crippen LogP contribution >= 0.6 is 0 Å². The van der Waals surface area contributed by atoms with E-state index in [0.717, 1.165) is 33.3 Å². The van der Waals surface area contributed by atoms with Crippen LogP contribution in [-0.4, -0.2) is 59.4 Å². The molecule has 3 heterocycles. The third-order valence-electron chi connectivity index (χ3n) is 6.30. The topological polar surface area (TPSA) is 65.6 Å². The first-order chi connectivity index (χ1) is 14.6. The summed E-state index contributed by atoms with van der Waals surface area (Å²) in [5.74, 6) is -0.0229. The molecule has 154 valence electrons. The maximum atomic E-state index is 13.4. The molecule has 0 spiro atoms. The van der Waals surface area contributed by atoms with E-state index in [1.54, 1.807) is 16.9 Å². The standard InChI is InChI=1S/C24H25N3O3/c1-15-7-9-16(10-8-15)23-22-18(17-5-3-4-6-19(17)25-22)13-20-24(29)26(11-12-30-2)14-21(28)27(20)23/h3-10,20,23,25H,11-14H2,1-2H3. The van der Waals surface area contributed by atoms with Crippen molar-refractivity contribution in [3.63, 3.8) is 0 Å². The maximum absolute atomic E-state index is 13.4. The van der Waals surface area contributed by atoms with E-state index >= 15 is 0 Å². The molecule has 2 unspecified atom stereocenters. The van der Waals surface area contributed by atoms with Gasteiger partial charge in [-0.3, -0.25) is 9.59 Å². The van der Waals surface area contributed by atoms with Crippen molar-refractivity contribution in [2.45, 2.75) is 25.4 Å². The summed E-state index contributed by atoms with van der Waals surface area (Å²) in [5, 5.41) is 1.12. The number of fused-ring (bicyclic) bond motifs is 4. The van der Waals surface area contributed by atoms with Gasteiger partial charge in [-0.15, -0.1) is 0 Å². The number of amides is 2. The van der Waals surface area contributed by atoms with E-state index in [-0.39, 0.29) is 24.4 Å². The summed E-state index contributed by atoms with van der Waals surface area (Å²) >= 11 is 0. The molecule has 1 saturated heterocycles. The number of piperazine rings is 1. The summed E-state index contributed by atoms with van der Waals surface area (Å²) in [6.45, 7) is 2.99. The van der Waals surface area contributed by atoms with Crippen molar-refractivity contribution in [3.8, 4) is 0 Å². The van der Waals surface area contributed by atoms with Crippen LogP contribution in [0.25, 0.3) is 10.9 Å². The van der Waals surface area contributed by atoms with Gasteiger partial charge in [0.05, 0.1) is 19.2 Å². The number of nitrogens with one attached hydrogen (secondary N) is 1. The molecule has 2 aromatic carbocycles. The first-order valence-electron chi connectivity index (χ1n) is 10.3. The number of rotatable bonds is 4. The van der Waals surface area contributed by atoms with E-state index in [1.807, 2.05) is 25.1 Å². The monoisotopic (exact) mass is 403 g/mol. The largest absolute Gasteiger partial charge is 0.383 e. The molecule has 2 atom stereocenters. The predicted octanol–water partition coefficient (Wildman–Crippen LogP) is 2.81. The molecule has 1 fully saturated rings. The van der Waals surface area contributed by atoms with Crippen molar-refractivity contribution >= 4 is 22.7 Å². The second kappa shape index (κ2) is 7.29. The van der Waals surface area contributed by atoms with Crippen LogP contribution in [0, 0.1) is 6.92 Å². The van der Waals surface area contributed by atoms with E-state index < -0.39 is 6.04 Å². The summed E-state index contributed by atoms with van der Waals surface area (Å²) < 4.78 is 5.14. The minimum atomic E-state index is -0.499. The molecule has 2 aliphatic rings. The van der Waals surface area contributed by atoms with Gasteiger partial charge < -0.3 is 19.5 Å². The van der Waals surface area contributed by atoms with Crippen molar-refractivity contribution in [2.75, 3.05) is 26.8 Å². The van der Waals surface area contributed by atoms with Crippen LogP contribution in [0.3, 0.4) is 0 Å². The molecule has 6 nitrogen and oxygen atoms in total. The van der Waals surface area contributed by atoms with Crippen molar-refractivity contribution in [3.05, 3.63) is 70.9 Å². The van der Waals surface area contributed by atoms with Crippen LogP contribution in [0.15, 0.2) is 48.5 Å². The molecule has 0 bridgehead atoms. The number of methoxy groups -OCH3 is 1. The van der Waals surface area contributed by atoms with Gasteiger partial charge in [-0.2, -0.15) is 0 Å². The second-order valence-electron chi connectivity index (χ2n) is 8.15. The van der Waals surface area contributed by atoms with Gasteiger partial charge in [0.15, 0.2) is 0 Å². The highest BCUT2D eigenvalue weighted by molar-refractivity contribution is 5.97. The Kier molecular flexibility index (Phi) is 4.59. The summed E-state index contributed by atoms with van der Waals surface area (Å²) in [5.41, 5.74) is 5.37. The lowest BCUT2D eigenvalue weighted by Gasteiger charge is -2.47. The Morgan fingerprint density at radius 2 is 1.87 bits per heavy atom. The second-order valence-corrected chi connectivity index (χ2v) is 8.15. The fourth-order valence-corrected chi connectivity index (χ4v) is 4.81. The molecular weight excluding hydrogens is 378 g/mol. The smallest absolute Gasteiger partial charge is 0.246 e. The van der Waals surface area contributed by atoms with Crippen LogP contribution in [0.5, 0.6) is 0 Å². The van der Waals surface area contributed by atoms with Crippen molar-refractivity contribution in [2.24, 2.45) is 0 Å². The molecule has 5 rings (SSSR count). The number of para-hydroxylation sites is 1. The minimum absolute atomic E-state index is 0.000284. The van der Waals surface area contributed by atoms with Crippen LogP contribution in [-0.2, 0) is 20.7 Å². The van der Waals surface area contributed by atoms with Gasteiger partial charge in [0.2, 0.25) is 11.8 Å². The van der Waals surface area contributed by atoms with Gasteiger partial charge in [0, 0.05) is 36.7 Å². The minimum Gasteiger partial charge on any atom is -0.383 e. The highest BCUT2D eigenvalue weighted by atomic mass is 16.5. The van der Waals surface area contributed by atoms with E-state index in [1.165, 1.54) is 0 Å². The zero-order chi connectivity index (χ0) is 20.8. The molecule has 3 aromatic rings. The average Bonchev–Trinajstić information content (AvgIpc) is 3.13. The molecule has 1 aromatic heterocycles. The van der Waals surface area contributed by atoms with E-state index in [9.17, 15) is 9.59 Å². The molecule has 1 N–H and O–H groups in total. The van der Waals surface area contributed by atoms with E-state index in [0.29, 0.717) is 19.6 Å². The summed E-state index contributed by atoms with van der Waals surface area (Å²) in [6, 6.07) is 15.6. The summed E-state index contributed by atoms with van der Waals surface area (Å²) in [4.78, 5) is 33.7. The lowest BCUT2D eigenvalue weighted by atomic mass is 9.86. The number of hydrogen-bond donors (Lipinski definition) is 1. The van der Waals surface area contributed by atoms with Crippen LogP contribution in [0.1, 0.15) is 28.4 Å². The van der Waals surface area contributed by atoms with Gasteiger partial charge in [-0.05, 0) is 24.1 Å². The van der Waals surface area contributed by atoms with Crippen LogP contribution in [0.4, 0.5) is 0 Å². The maximum Gasteiger partial charge on any atom is 0.246 e. The lowest BCUT2D eigenvalue weighted by Crippen LogP contribution is -2.63. The Labute approximate surface area is 175 Å². The van der Waals surface area contributed by atoms with Crippen molar-refractivity contribution < 1.29 is 14.3 Å². The van der Waals surface area contributed by atoms with E-state index in [2.05, 4.69) is 35.3 Å². The Morgan fingerprint density at radius 1 is 1.10 bits per heavy atom. The number of benzene rings is 2. The fourth-order valence-electron chi connectivity index (χ4n) is 4.81. The van der Waals surface area contributed by atoms with Gasteiger partial charge in [-0.25, -0.2) is 0 Å².